The molecular weight excluding hydrogens is 326 g/mol. The Morgan fingerprint density at radius 2 is 1.60 bits per heavy atom. The topological polar surface area (TPSA) is 83.1 Å². The Bertz CT molecular complexity index is 657. The highest BCUT2D eigenvalue weighted by atomic mass is 16.7. The average Bonchev–Trinajstić information content (AvgIpc) is 2.88. The highest BCUT2D eigenvalue weighted by Crippen LogP contribution is 2.34. The second-order valence-corrected chi connectivity index (χ2v) is 7.73. The van der Waals surface area contributed by atoms with E-state index >= 15 is 0 Å². The standard InChI is InChI=1S/C18H25NO6/c1-17(2,3)24-15(20)14(19-16(21)25-18(4,5)6)11-7-8-12-13(9-11)23-10-22-12/h7-9,14H,10H2,1-6H3,(H,19,21)/t14-/m1/s1. The summed E-state index contributed by atoms with van der Waals surface area (Å²) in [4.78, 5) is 24.7. The Hall–Kier alpha value is -2.44. The summed E-state index contributed by atoms with van der Waals surface area (Å²) in [5, 5.41) is 2.57. The van der Waals surface area contributed by atoms with Gasteiger partial charge in [0.25, 0.3) is 0 Å². The molecule has 7 heteroatoms. The quantitative estimate of drug-likeness (QED) is 0.841. The molecule has 25 heavy (non-hydrogen) atoms. The second-order valence-electron chi connectivity index (χ2n) is 7.73. The lowest BCUT2D eigenvalue weighted by Crippen LogP contribution is -2.40. The van der Waals surface area contributed by atoms with E-state index in [-0.39, 0.29) is 6.79 Å². The van der Waals surface area contributed by atoms with Crippen molar-refractivity contribution in [1.82, 2.24) is 5.32 Å². The van der Waals surface area contributed by atoms with Gasteiger partial charge in [-0.05, 0) is 59.2 Å². The molecule has 0 bridgehead atoms. The summed E-state index contributed by atoms with van der Waals surface area (Å²) in [6, 6.07) is 3.99. The third kappa shape index (κ3) is 5.55. The molecule has 138 valence electrons. The number of amides is 1. The Kier molecular flexibility index (Phi) is 5.15. The minimum absolute atomic E-state index is 0.120. The molecule has 1 aliphatic heterocycles. The van der Waals surface area contributed by atoms with E-state index in [1.165, 1.54) is 0 Å². The summed E-state index contributed by atoms with van der Waals surface area (Å²) in [5.74, 6) is 0.512. The molecule has 1 N–H and O–H groups in total. The molecule has 0 unspecified atom stereocenters. The first-order valence-corrected chi connectivity index (χ1v) is 8.06. The van der Waals surface area contributed by atoms with Crippen LogP contribution in [0.2, 0.25) is 0 Å². The van der Waals surface area contributed by atoms with E-state index in [1.54, 1.807) is 59.7 Å². The van der Waals surface area contributed by atoms with Gasteiger partial charge in [-0.25, -0.2) is 9.59 Å². The Balaban J connectivity index is 2.25. The van der Waals surface area contributed by atoms with E-state index in [0.717, 1.165) is 0 Å². The van der Waals surface area contributed by atoms with Gasteiger partial charge < -0.3 is 24.3 Å². The smallest absolute Gasteiger partial charge is 0.408 e. The maximum Gasteiger partial charge on any atom is 0.408 e. The van der Waals surface area contributed by atoms with Crippen molar-refractivity contribution < 1.29 is 28.5 Å². The lowest BCUT2D eigenvalue weighted by molar-refractivity contribution is -0.157. The van der Waals surface area contributed by atoms with Crippen molar-refractivity contribution in [3.63, 3.8) is 0 Å². The van der Waals surface area contributed by atoms with Crippen LogP contribution in [0.4, 0.5) is 4.79 Å². The molecule has 0 aromatic heterocycles. The molecule has 0 aliphatic carbocycles. The molecule has 7 nitrogen and oxygen atoms in total. The fourth-order valence-electron chi connectivity index (χ4n) is 2.16. The van der Waals surface area contributed by atoms with Crippen LogP contribution in [0.25, 0.3) is 0 Å². The van der Waals surface area contributed by atoms with Crippen molar-refractivity contribution in [1.29, 1.82) is 0 Å². The first-order chi connectivity index (χ1) is 11.4. The molecule has 1 atom stereocenters. The van der Waals surface area contributed by atoms with Crippen molar-refractivity contribution >= 4 is 12.1 Å². The number of hydrogen-bond acceptors (Lipinski definition) is 6. The van der Waals surface area contributed by atoms with Crippen LogP contribution in [0.3, 0.4) is 0 Å². The molecule has 2 rings (SSSR count). The van der Waals surface area contributed by atoms with Gasteiger partial charge in [0.2, 0.25) is 6.79 Å². The van der Waals surface area contributed by atoms with Crippen LogP contribution in [0.5, 0.6) is 11.5 Å². The summed E-state index contributed by atoms with van der Waals surface area (Å²) < 4.78 is 21.3. The van der Waals surface area contributed by atoms with Crippen LogP contribution < -0.4 is 14.8 Å². The van der Waals surface area contributed by atoms with Crippen LogP contribution >= 0.6 is 0 Å². The van der Waals surface area contributed by atoms with E-state index in [2.05, 4.69) is 5.32 Å². The van der Waals surface area contributed by atoms with Gasteiger partial charge in [0.1, 0.15) is 11.2 Å². The van der Waals surface area contributed by atoms with E-state index in [0.29, 0.717) is 17.1 Å². The molecule has 0 spiro atoms. The fourth-order valence-corrected chi connectivity index (χ4v) is 2.16. The molecule has 1 heterocycles. The van der Waals surface area contributed by atoms with Crippen molar-refractivity contribution in [2.75, 3.05) is 6.79 Å². The van der Waals surface area contributed by atoms with Gasteiger partial charge in [0, 0.05) is 0 Å². The average molecular weight is 351 g/mol. The number of benzene rings is 1. The minimum Gasteiger partial charge on any atom is -0.458 e. The number of esters is 1. The van der Waals surface area contributed by atoms with Crippen LogP contribution in [0.15, 0.2) is 18.2 Å². The van der Waals surface area contributed by atoms with Gasteiger partial charge in [-0.3, -0.25) is 0 Å². The van der Waals surface area contributed by atoms with Gasteiger partial charge in [-0.15, -0.1) is 0 Å². The molecule has 0 radical (unpaired) electrons. The molecule has 0 fully saturated rings. The minimum atomic E-state index is -1.02. The largest absolute Gasteiger partial charge is 0.458 e. The normalized spacial score (nSPS) is 14.6. The molecule has 1 aliphatic rings. The van der Waals surface area contributed by atoms with E-state index in [4.69, 9.17) is 18.9 Å². The first kappa shape index (κ1) is 18.9. The number of carbonyl (C=O) groups excluding carboxylic acids is 2. The number of rotatable bonds is 3. The van der Waals surface area contributed by atoms with E-state index in [9.17, 15) is 9.59 Å². The SMILES string of the molecule is CC(C)(C)OC(=O)N[C@@H](C(=O)OC(C)(C)C)c1ccc2c(c1)OCO2. The Morgan fingerprint density at radius 1 is 1.00 bits per heavy atom. The Labute approximate surface area is 147 Å². The first-order valence-electron chi connectivity index (χ1n) is 8.06. The van der Waals surface area contributed by atoms with Crippen LogP contribution in [-0.4, -0.2) is 30.1 Å². The number of nitrogens with one attached hydrogen (secondary N) is 1. The summed E-state index contributed by atoms with van der Waals surface area (Å²) in [6.07, 6.45) is -0.707. The van der Waals surface area contributed by atoms with Crippen LogP contribution in [-0.2, 0) is 14.3 Å². The molecule has 1 aromatic carbocycles. The van der Waals surface area contributed by atoms with Crippen LogP contribution in [0.1, 0.15) is 53.1 Å². The van der Waals surface area contributed by atoms with Gasteiger partial charge in [0.05, 0.1) is 0 Å². The zero-order valence-corrected chi connectivity index (χ0v) is 15.5. The maximum absolute atomic E-state index is 12.6. The predicted octanol–water partition coefficient (Wildman–Crippen LogP) is 3.32. The number of hydrogen-bond donors (Lipinski definition) is 1. The molecule has 1 amide bonds. The maximum atomic E-state index is 12.6. The lowest BCUT2D eigenvalue weighted by Gasteiger charge is -2.26. The van der Waals surface area contributed by atoms with Crippen molar-refractivity contribution in [2.24, 2.45) is 0 Å². The third-order valence-corrected chi connectivity index (χ3v) is 3.03. The molecule has 0 saturated heterocycles. The summed E-state index contributed by atoms with van der Waals surface area (Å²) >= 11 is 0. The van der Waals surface area contributed by atoms with Crippen molar-refractivity contribution in [2.45, 2.75) is 58.8 Å². The highest BCUT2D eigenvalue weighted by Gasteiger charge is 2.31. The van der Waals surface area contributed by atoms with Gasteiger partial charge in [-0.1, -0.05) is 6.07 Å². The number of carbonyl (C=O) groups is 2. The molecule has 1 aromatic rings. The Morgan fingerprint density at radius 3 is 2.20 bits per heavy atom. The summed E-state index contributed by atoms with van der Waals surface area (Å²) in [5.41, 5.74) is -0.858. The zero-order chi connectivity index (χ0) is 18.8. The lowest BCUT2D eigenvalue weighted by atomic mass is 10.1. The van der Waals surface area contributed by atoms with Gasteiger partial charge in [-0.2, -0.15) is 0 Å². The third-order valence-electron chi connectivity index (χ3n) is 3.03. The zero-order valence-electron chi connectivity index (χ0n) is 15.5. The number of alkyl carbamates (subject to hydrolysis) is 1. The van der Waals surface area contributed by atoms with Crippen LogP contribution in [0, 0.1) is 0 Å². The van der Waals surface area contributed by atoms with Gasteiger partial charge in [0.15, 0.2) is 17.5 Å². The highest BCUT2D eigenvalue weighted by molar-refractivity contribution is 5.83. The fraction of sp³-hybridized carbons (Fsp3) is 0.556. The van der Waals surface area contributed by atoms with Crippen molar-refractivity contribution in [3.05, 3.63) is 23.8 Å². The second kappa shape index (κ2) is 6.82. The van der Waals surface area contributed by atoms with E-state index < -0.39 is 29.3 Å². The molecular formula is C18H25NO6. The molecule has 0 saturated carbocycles. The van der Waals surface area contributed by atoms with Crippen molar-refractivity contribution in [3.8, 4) is 11.5 Å². The summed E-state index contributed by atoms with van der Waals surface area (Å²) in [6.45, 7) is 10.6. The predicted molar refractivity (Wildman–Crippen MR) is 90.5 cm³/mol. The number of fused-ring (bicyclic) bond motifs is 1. The van der Waals surface area contributed by atoms with E-state index in [1.807, 2.05) is 0 Å². The number of ether oxygens (including phenoxy) is 4. The van der Waals surface area contributed by atoms with Gasteiger partial charge >= 0.3 is 12.1 Å². The summed E-state index contributed by atoms with van der Waals surface area (Å²) in [7, 11) is 0. The monoisotopic (exact) mass is 351 g/mol.